The van der Waals surface area contributed by atoms with E-state index >= 15 is 0 Å². The summed E-state index contributed by atoms with van der Waals surface area (Å²) in [6.45, 7) is 3.54. The number of nitrogens with zero attached hydrogens (tertiary/aromatic N) is 3. The molecule has 0 fully saturated rings. The molecule has 1 aliphatic carbocycles. The molecule has 11 heteroatoms. The molecule has 7 nitrogen and oxygen atoms in total. The Morgan fingerprint density at radius 3 is 2.69 bits per heavy atom. The quantitative estimate of drug-likeness (QED) is 0.343. The van der Waals surface area contributed by atoms with Gasteiger partial charge in [-0.1, -0.05) is 13.0 Å². The van der Waals surface area contributed by atoms with Crippen molar-refractivity contribution in [1.29, 1.82) is 0 Å². The second-order valence-corrected chi connectivity index (χ2v) is 9.08. The van der Waals surface area contributed by atoms with E-state index in [-0.39, 0.29) is 17.2 Å². The smallest absolute Gasteiger partial charge is 0.360 e. The lowest BCUT2D eigenvalue weighted by molar-refractivity contribution is -0.137. The van der Waals surface area contributed by atoms with Gasteiger partial charge < -0.3 is 26.3 Å². The van der Waals surface area contributed by atoms with Crippen LogP contribution in [0.1, 0.15) is 18.9 Å². The maximum absolute atomic E-state index is 13.9. The van der Waals surface area contributed by atoms with Gasteiger partial charge in [-0.05, 0) is 64.0 Å². The topological polar surface area (TPSA) is 94.9 Å². The highest BCUT2D eigenvalue weighted by Gasteiger charge is 2.37. The van der Waals surface area contributed by atoms with Gasteiger partial charge in [0.05, 0.1) is 11.2 Å². The zero-order valence-corrected chi connectivity index (χ0v) is 20.2. The highest BCUT2D eigenvalue weighted by Crippen LogP contribution is 2.39. The van der Waals surface area contributed by atoms with E-state index < -0.39 is 29.1 Å². The fraction of sp³-hybridized carbons (Fsp3) is 0.360. The van der Waals surface area contributed by atoms with Crippen LogP contribution in [0.15, 0.2) is 54.5 Å². The molecule has 0 amide bonds. The number of halogens is 4. The number of H-pyrrole nitrogens is 1. The molecule has 0 bridgehead atoms. The lowest BCUT2D eigenvalue weighted by Gasteiger charge is -2.39. The second-order valence-electron chi connectivity index (χ2n) is 9.08. The van der Waals surface area contributed by atoms with Crippen LogP contribution in [0.2, 0.25) is 0 Å². The van der Waals surface area contributed by atoms with Crippen LogP contribution in [-0.4, -0.2) is 58.6 Å². The molecule has 0 spiro atoms. The molecule has 0 saturated heterocycles. The Bertz CT molecular complexity index is 1300. The van der Waals surface area contributed by atoms with E-state index in [0.717, 1.165) is 25.7 Å². The lowest BCUT2D eigenvalue weighted by Crippen LogP contribution is -2.58. The van der Waals surface area contributed by atoms with E-state index in [1.807, 2.05) is 33.2 Å². The number of benzene rings is 1. The van der Waals surface area contributed by atoms with E-state index in [1.165, 1.54) is 24.4 Å². The van der Waals surface area contributed by atoms with Crippen molar-refractivity contribution in [1.82, 2.24) is 25.2 Å². The Balaban J connectivity index is 1.67. The maximum atomic E-state index is 13.9. The normalized spacial score (nSPS) is 20.2. The summed E-state index contributed by atoms with van der Waals surface area (Å²) in [7, 11) is 3.98. The molecule has 0 radical (unpaired) electrons. The first-order valence-electron chi connectivity index (χ1n) is 11.6. The van der Waals surface area contributed by atoms with Gasteiger partial charge in [-0.2, -0.15) is 13.2 Å². The third kappa shape index (κ3) is 5.28. The van der Waals surface area contributed by atoms with E-state index in [1.54, 1.807) is 6.08 Å². The van der Waals surface area contributed by atoms with Crippen molar-refractivity contribution in [3.05, 3.63) is 65.9 Å². The number of alkyl halides is 3. The number of nitrogens with two attached hydrogens (primary N) is 1. The number of rotatable bonds is 8. The summed E-state index contributed by atoms with van der Waals surface area (Å²) < 4.78 is 55.3. The molecule has 2 unspecified atom stereocenters. The highest BCUT2D eigenvalue weighted by atomic mass is 19.4. The summed E-state index contributed by atoms with van der Waals surface area (Å²) in [5, 5.41) is 6.73. The largest absolute Gasteiger partial charge is 0.419 e. The molecule has 0 saturated carbocycles. The number of nitrogens with one attached hydrogen (secondary N) is 3. The molecule has 2 atom stereocenters. The van der Waals surface area contributed by atoms with Crippen molar-refractivity contribution >= 4 is 16.9 Å². The standard InChI is InChI=1S/C25H29F4N7/c1-4-33-24(9-10-36(2)3)8-7-16(12-21(24)30)34-23-32-14-19(25(27,28)29)22(35-23)18-13-31-20-6-5-15(26)11-17(18)20/h5-8,11-14,21,31,33H,4,9-10,30H2,1-3H3,(H,32,34,35). The first kappa shape index (κ1) is 25.8. The second kappa shape index (κ2) is 10.00. The molecule has 192 valence electrons. The highest BCUT2D eigenvalue weighted by molar-refractivity contribution is 5.95. The van der Waals surface area contributed by atoms with E-state index in [0.29, 0.717) is 16.6 Å². The average Bonchev–Trinajstić information content (AvgIpc) is 3.22. The number of hydrogen-bond acceptors (Lipinski definition) is 6. The van der Waals surface area contributed by atoms with Gasteiger partial charge in [0, 0.05) is 40.6 Å². The molecular formula is C25H29F4N7. The van der Waals surface area contributed by atoms with Gasteiger partial charge in [0.1, 0.15) is 11.4 Å². The number of hydrogen-bond donors (Lipinski definition) is 4. The summed E-state index contributed by atoms with van der Waals surface area (Å²) in [6, 6.07) is 3.48. The van der Waals surface area contributed by atoms with Gasteiger partial charge in [-0.3, -0.25) is 0 Å². The summed E-state index contributed by atoms with van der Waals surface area (Å²) in [6.07, 6.45) is 3.79. The minimum absolute atomic E-state index is 0.0314. The van der Waals surface area contributed by atoms with E-state index in [2.05, 4.69) is 30.5 Å². The Morgan fingerprint density at radius 2 is 2.03 bits per heavy atom. The molecule has 2 aromatic heterocycles. The van der Waals surface area contributed by atoms with Crippen molar-refractivity contribution in [3.63, 3.8) is 0 Å². The van der Waals surface area contributed by atoms with Gasteiger partial charge in [0.15, 0.2) is 0 Å². The van der Waals surface area contributed by atoms with Gasteiger partial charge in [-0.15, -0.1) is 0 Å². The summed E-state index contributed by atoms with van der Waals surface area (Å²) >= 11 is 0. The van der Waals surface area contributed by atoms with Crippen LogP contribution in [-0.2, 0) is 6.18 Å². The predicted molar refractivity (Wildman–Crippen MR) is 133 cm³/mol. The van der Waals surface area contributed by atoms with Crippen LogP contribution in [0.25, 0.3) is 22.2 Å². The number of aromatic nitrogens is 3. The predicted octanol–water partition coefficient (Wildman–Crippen LogP) is 4.28. The van der Waals surface area contributed by atoms with Crippen molar-refractivity contribution in [3.8, 4) is 11.3 Å². The average molecular weight is 504 g/mol. The summed E-state index contributed by atoms with van der Waals surface area (Å²) in [5.41, 5.74) is 5.88. The van der Waals surface area contributed by atoms with Crippen LogP contribution >= 0.6 is 0 Å². The molecule has 0 aliphatic heterocycles. The van der Waals surface area contributed by atoms with E-state index in [4.69, 9.17) is 5.73 Å². The minimum atomic E-state index is -4.70. The van der Waals surface area contributed by atoms with Crippen LogP contribution in [0.5, 0.6) is 0 Å². The number of aromatic amines is 1. The molecule has 4 rings (SSSR count). The molecule has 5 N–H and O–H groups in total. The maximum Gasteiger partial charge on any atom is 0.419 e. The van der Waals surface area contributed by atoms with Crippen molar-refractivity contribution < 1.29 is 17.6 Å². The first-order chi connectivity index (χ1) is 17.0. The monoisotopic (exact) mass is 503 g/mol. The van der Waals surface area contributed by atoms with Crippen molar-refractivity contribution in [2.45, 2.75) is 31.1 Å². The fourth-order valence-electron chi connectivity index (χ4n) is 4.36. The zero-order valence-electron chi connectivity index (χ0n) is 20.2. The van der Waals surface area contributed by atoms with Crippen LogP contribution in [0, 0.1) is 5.82 Å². The van der Waals surface area contributed by atoms with Crippen LogP contribution in [0.4, 0.5) is 23.5 Å². The van der Waals surface area contributed by atoms with Crippen LogP contribution < -0.4 is 16.4 Å². The van der Waals surface area contributed by atoms with Gasteiger partial charge in [0.2, 0.25) is 5.95 Å². The first-order valence-corrected chi connectivity index (χ1v) is 11.6. The number of likely N-dealkylation sites (N-methyl/N-ethyl adjacent to an activating group) is 1. The molecule has 1 aromatic carbocycles. The molecule has 3 aromatic rings. The van der Waals surface area contributed by atoms with Gasteiger partial charge in [0.25, 0.3) is 0 Å². The minimum Gasteiger partial charge on any atom is -0.360 e. The SMILES string of the molecule is CCNC1(CCN(C)C)C=CC(Nc2ncc(C(F)(F)F)c(-c3c[nH]c4ccc(F)cc34)n2)=CC1N. The Morgan fingerprint density at radius 1 is 1.25 bits per heavy atom. The molecule has 2 heterocycles. The summed E-state index contributed by atoms with van der Waals surface area (Å²) in [4.78, 5) is 13.0. The molecular weight excluding hydrogens is 474 g/mol. The Kier molecular flexibility index (Phi) is 7.17. The third-order valence-electron chi connectivity index (χ3n) is 6.24. The van der Waals surface area contributed by atoms with Crippen molar-refractivity contribution in [2.24, 2.45) is 5.73 Å². The van der Waals surface area contributed by atoms with Crippen molar-refractivity contribution in [2.75, 3.05) is 32.5 Å². The zero-order chi connectivity index (χ0) is 26.1. The van der Waals surface area contributed by atoms with Crippen LogP contribution in [0.3, 0.4) is 0 Å². The molecule has 1 aliphatic rings. The molecule has 36 heavy (non-hydrogen) atoms. The lowest BCUT2D eigenvalue weighted by atomic mass is 9.82. The number of allylic oxidation sites excluding steroid dienone is 1. The van der Waals surface area contributed by atoms with Gasteiger partial charge >= 0.3 is 6.18 Å². The van der Waals surface area contributed by atoms with Gasteiger partial charge in [-0.25, -0.2) is 14.4 Å². The number of fused-ring (bicyclic) bond motifs is 1. The summed E-state index contributed by atoms with van der Waals surface area (Å²) in [5.74, 6) is -0.592. The Hall–Kier alpha value is -3.28. The Labute approximate surface area is 206 Å². The number of anilines is 1. The van der Waals surface area contributed by atoms with E-state index in [9.17, 15) is 17.6 Å². The third-order valence-corrected chi connectivity index (χ3v) is 6.24. The fourth-order valence-corrected chi connectivity index (χ4v) is 4.36.